The lowest BCUT2D eigenvalue weighted by Crippen LogP contribution is -2.42. The minimum Gasteiger partial charge on any atom is -0.490 e. The lowest BCUT2D eigenvalue weighted by molar-refractivity contribution is -0.132. The van der Waals surface area contributed by atoms with Crippen molar-refractivity contribution in [1.82, 2.24) is 9.47 Å². The monoisotopic (exact) mass is 386 g/mol. The first kappa shape index (κ1) is 20.1. The molecule has 6 heteroatoms. The Bertz CT molecular complexity index is 914. The number of ether oxygens (including phenoxy) is 1. The Balaban J connectivity index is 1.48. The van der Waals surface area contributed by atoms with Crippen LogP contribution in [0.25, 0.3) is 0 Å². The van der Waals surface area contributed by atoms with Gasteiger partial charge in [0.15, 0.2) is 0 Å². The van der Waals surface area contributed by atoms with E-state index in [4.69, 9.17) is 4.74 Å². The van der Waals surface area contributed by atoms with Crippen molar-refractivity contribution < 1.29 is 13.9 Å². The summed E-state index contributed by atoms with van der Waals surface area (Å²) in [6, 6.07) is 8.37. The summed E-state index contributed by atoms with van der Waals surface area (Å²) < 4.78 is 20.9. The normalized spacial score (nSPS) is 14.9. The lowest BCUT2D eigenvalue weighted by atomic mass is 10.0. The highest BCUT2D eigenvalue weighted by Crippen LogP contribution is 2.20. The van der Waals surface area contributed by atoms with Crippen LogP contribution in [0.1, 0.15) is 36.1 Å². The molecule has 0 unspecified atom stereocenters. The Morgan fingerprint density at radius 2 is 1.89 bits per heavy atom. The zero-order valence-electron chi connectivity index (χ0n) is 16.7. The Labute approximate surface area is 164 Å². The highest BCUT2D eigenvalue weighted by Gasteiger charge is 2.24. The summed E-state index contributed by atoms with van der Waals surface area (Å²) in [5, 5.41) is 0. The summed E-state index contributed by atoms with van der Waals surface area (Å²) in [7, 11) is 1.73. The van der Waals surface area contributed by atoms with Crippen molar-refractivity contribution in [3.05, 3.63) is 63.3 Å². The van der Waals surface area contributed by atoms with Crippen molar-refractivity contribution in [2.24, 2.45) is 7.05 Å². The molecule has 0 saturated carbocycles. The molecule has 0 N–H and O–H groups in total. The summed E-state index contributed by atoms with van der Waals surface area (Å²) in [4.78, 5) is 26.2. The van der Waals surface area contributed by atoms with E-state index < -0.39 is 0 Å². The SMILES string of the molecule is Cc1cc(CCC(=O)N2CCC(Oc3cc(C)n(C)c(=O)c3)CC2)ccc1F. The van der Waals surface area contributed by atoms with Crippen LogP contribution in [-0.2, 0) is 18.3 Å². The number of benzene rings is 1. The van der Waals surface area contributed by atoms with Crippen molar-refractivity contribution in [2.45, 2.75) is 45.6 Å². The van der Waals surface area contributed by atoms with Gasteiger partial charge in [0.2, 0.25) is 5.91 Å². The Hall–Kier alpha value is -2.63. The third-order valence-electron chi connectivity index (χ3n) is 5.42. The number of hydrogen-bond acceptors (Lipinski definition) is 3. The van der Waals surface area contributed by atoms with Gasteiger partial charge in [0, 0.05) is 51.2 Å². The third kappa shape index (κ3) is 4.80. The Morgan fingerprint density at radius 3 is 2.54 bits per heavy atom. The summed E-state index contributed by atoms with van der Waals surface area (Å²) in [5.74, 6) is 0.491. The van der Waals surface area contributed by atoms with Crippen LogP contribution in [0, 0.1) is 19.7 Å². The average Bonchev–Trinajstić information content (AvgIpc) is 2.67. The van der Waals surface area contributed by atoms with Gasteiger partial charge in [-0.15, -0.1) is 0 Å². The molecule has 1 aliphatic rings. The maximum Gasteiger partial charge on any atom is 0.254 e. The number of nitrogens with zero attached hydrogens (tertiary/aromatic N) is 2. The topological polar surface area (TPSA) is 51.5 Å². The van der Waals surface area contributed by atoms with Crippen molar-refractivity contribution in [2.75, 3.05) is 13.1 Å². The summed E-state index contributed by atoms with van der Waals surface area (Å²) >= 11 is 0. The average molecular weight is 386 g/mol. The summed E-state index contributed by atoms with van der Waals surface area (Å²) in [6.45, 7) is 4.90. The smallest absolute Gasteiger partial charge is 0.254 e. The first-order valence-electron chi connectivity index (χ1n) is 9.70. The molecule has 150 valence electrons. The molecule has 2 aromatic rings. The number of piperidine rings is 1. The van der Waals surface area contributed by atoms with Crippen LogP contribution in [0.3, 0.4) is 0 Å². The van der Waals surface area contributed by atoms with E-state index in [1.54, 1.807) is 30.7 Å². The molecule has 2 heterocycles. The van der Waals surface area contributed by atoms with E-state index in [0.717, 1.165) is 24.1 Å². The predicted molar refractivity (Wildman–Crippen MR) is 106 cm³/mol. The van der Waals surface area contributed by atoms with E-state index in [-0.39, 0.29) is 23.4 Å². The molecule has 1 saturated heterocycles. The Morgan fingerprint density at radius 1 is 1.18 bits per heavy atom. The van der Waals surface area contributed by atoms with Gasteiger partial charge in [0.1, 0.15) is 17.7 Å². The van der Waals surface area contributed by atoms with E-state index in [1.807, 2.05) is 17.9 Å². The molecule has 0 aliphatic carbocycles. The molecule has 0 radical (unpaired) electrons. The van der Waals surface area contributed by atoms with Gasteiger partial charge in [-0.3, -0.25) is 9.59 Å². The number of pyridine rings is 1. The van der Waals surface area contributed by atoms with Gasteiger partial charge in [-0.25, -0.2) is 4.39 Å². The number of likely N-dealkylation sites (tertiary alicyclic amines) is 1. The van der Waals surface area contributed by atoms with Crippen LogP contribution in [-0.4, -0.2) is 34.6 Å². The highest BCUT2D eigenvalue weighted by atomic mass is 19.1. The lowest BCUT2D eigenvalue weighted by Gasteiger charge is -2.32. The first-order valence-corrected chi connectivity index (χ1v) is 9.70. The Kier molecular flexibility index (Phi) is 6.17. The van der Waals surface area contributed by atoms with Crippen molar-refractivity contribution in [3.8, 4) is 5.75 Å². The fourth-order valence-electron chi connectivity index (χ4n) is 3.49. The van der Waals surface area contributed by atoms with Gasteiger partial charge >= 0.3 is 0 Å². The molecule has 1 aliphatic heterocycles. The minimum absolute atomic E-state index is 0.00954. The fraction of sp³-hybridized carbons (Fsp3) is 0.455. The zero-order valence-corrected chi connectivity index (χ0v) is 16.7. The maximum absolute atomic E-state index is 13.3. The molecule has 0 bridgehead atoms. The molecular weight excluding hydrogens is 359 g/mol. The van der Waals surface area contributed by atoms with Gasteiger partial charge in [-0.05, 0) is 43.5 Å². The third-order valence-corrected chi connectivity index (χ3v) is 5.42. The molecular formula is C22H27FN2O3. The van der Waals surface area contributed by atoms with E-state index in [2.05, 4.69) is 0 Å². The van der Waals surface area contributed by atoms with Crippen LogP contribution in [0.15, 0.2) is 35.1 Å². The number of amides is 1. The molecule has 1 aromatic carbocycles. The molecule has 1 fully saturated rings. The quantitative estimate of drug-likeness (QED) is 0.793. The van der Waals surface area contributed by atoms with Crippen LogP contribution in [0.4, 0.5) is 4.39 Å². The van der Waals surface area contributed by atoms with E-state index in [1.165, 1.54) is 12.1 Å². The number of carbonyl (C=O) groups is 1. The summed E-state index contributed by atoms with van der Waals surface area (Å²) in [6.07, 6.45) is 2.54. The first-order chi connectivity index (χ1) is 13.3. The van der Waals surface area contributed by atoms with Crippen molar-refractivity contribution in [3.63, 3.8) is 0 Å². The van der Waals surface area contributed by atoms with Crippen LogP contribution in [0.5, 0.6) is 5.75 Å². The fourth-order valence-corrected chi connectivity index (χ4v) is 3.49. The van der Waals surface area contributed by atoms with Crippen LogP contribution >= 0.6 is 0 Å². The molecule has 0 spiro atoms. The maximum atomic E-state index is 13.3. The van der Waals surface area contributed by atoms with Crippen LogP contribution in [0.2, 0.25) is 0 Å². The molecule has 5 nitrogen and oxygen atoms in total. The number of rotatable bonds is 5. The number of halogens is 1. The van der Waals surface area contributed by atoms with Gasteiger partial charge < -0.3 is 14.2 Å². The minimum atomic E-state index is -0.219. The van der Waals surface area contributed by atoms with Crippen molar-refractivity contribution in [1.29, 1.82) is 0 Å². The molecule has 1 aromatic heterocycles. The van der Waals surface area contributed by atoms with Gasteiger partial charge in [-0.1, -0.05) is 12.1 Å². The molecule has 3 rings (SSSR count). The van der Waals surface area contributed by atoms with Crippen LogP contribution < -0.4 is 10.3 Å². The zero-order chi connectivity index (χ0) is 20.3. The highest BCUT2D eigenvalue weighted by molar-refractivity contribution is 5.76. The second kappa shape index (κ2) is 8.59. The van der Waals surface area contributed by atoms with E-state index >= 15 is 0 Å². The van der Waals surface area contributed by atoms with E-state index in [0.29, 0.717) is 37.2 Å². The van der Waals surface area contributed by atoms with Crippen molar-refractivity contribution >= 4 is 5.91 Å². The molecule has 0 atom stereocenters. The predicted octanol–water partition coefficient (Wildman–Crippen LogP) is 3.14. The molecule has 28 heavy (non-hydrogen) atoms. The largest absolute Gasteiger partial charge is 0.490 e. The standard InChI is InChI=1S/C22H27FN2O3/c1-15-12-17(4-6-20(15)23)5-7-21(26)25-10-8-18(9-11-25)28-19-13-16(2)24(3)22(27)14-19/h4,6,12-14,18H,5,7-11H2,1-3H3. The van der Waals surface area contributed by atoms with Gasteiger partial charge in [0.05, 0.1) is 0 Å². The van der Waals surface area contributed by atoms with Gasteiger partial charge in [-0.2, -0.15) is 0 Å². The number of aryl methyl sites for hydroxylation is 3. The molecule has 1 amide bonds. The van der Waals surface area contributed by atoms with Gasteiger partial charge in [0.25, 0.3) is 5.56 Å². The second-order valence-electron chi connectivity index (χ2n) is 7.51. The van der Waals surface area contributed by atoms with E-state index in [9.17, 15) is 14.0 Å². The number of carbonyl (C=O) groups excluding carboxylic acids is 1. The summed E-state index contributed by atoms with van der Waals surface area (Å²) in [5.41, 5.74) is 2.35. The number of aromatic nitrogens is 1. The number of hydrogen-bond donors (Lipinski definition) is 0. The second-order valence-corrected chi connectivity index (χ2v) is 7.51.